The zero-order valence-electron chi connectivity index (χ0n) is 11.1. The van der Waals surface area contributed by atoms with Crippen LogP contribution in [0.4, 0.5) is 5.69 Å². The van der Waals surface area contributed by atoms with Gasteiger partial charge in [-0.05, 0) is 53.4 Å². The van der Waals surface area contributed by atoms with Crippen molar-refractivity contribution in [3.8, 4) is 0 Å². The van der Waals surface area contributed by atoms with E-state index in [4.69, 9.17) is 0 Å². The van der Waals surface area contributed by atoms with Crippen LogP contribution in [-0.4, -0.2) is 18.2 Å². The Labute approximate surface area is 113 Å². The molecule has 0 fully saturated rings. The lowest BCUT2D eigenvalue weighted by atomic mass is 10.1. The lowest BCUT2D eigenvalue weighted by molar-refractivity contribution is 0.199. The normalized spacial score (nSPS) is 12.9. The first kappa shape index (κ1) is 14.5. The minimum atomic E-state index is -0.416. The zero-order valence-corrected chi connectivity index (χ0v) is 12.7. The Morgan fingerprint density at radius 3 is 2.35 bits per heavy atom. The maximum absolute atomic E-state index is 9.55. The highest BCUT2D eigenvalue weighted by molar-refractivity contribution is 9.10. The first-order valence-electron chi connectivity index (χ1n) is 6.18. The maximum atomic E-state index is 9.55. The smallest absolute Gasteiger partial charge is 0.0762 e. The highest BCUT2D eigenvalue weighted by atomic mass is 79.9. The van der Waals surface area contributed by atoms with Gasteiger partial charge in [0.25, 0.3) is 0 Å². The van der Waals surface area contributed by atoms with Crippen LogP contribution in [0.3, 0.4) is 0 Å². The fourth-order valence-electron chi connectivity index (χ4n) is 1.88. The first-order valence-corrected chi connectivity index (χ1v) is 6.97. The molecule has 0 aliphatic carbocycles. The Hall–Kier alpha value is -0.540. The molecule has 0 heterocycles. The largest absolute Gasteiger partial charge is 0.389 e. The van der Waals surface area contributed by atoms with Gasteiger partial charge in [-0.3, -0.25) is 0 Å². The molecule has 1 atom stereocenters. The van der Waals surface area contributed by atoms with Crippen LogP contribution in [0.2, 0.25) is 0 Å². The Balaban J connectivity index is 2.96. The van der Waals surface area contributed by atoms with E-state index in [0.29, 0.717) is 5.92 Å². The van der Waals surface area contributed by atoms with Gasteiger partial charge in [0, 0.05) is 17.6 Å². The molecule has 0 spiro atoms. The fourth-order valence-corrected chi connectivity index (χ4v) is 2.53. The molecule has 1 rings (SSSR count). The van der Waals surface area contributed by atoms with Gasteiger partial charge in [-0.15, -0.1) is 0 Å². The maximum Gasteiger partial charge on any atom is 0.0762 e. The van der Waals surface area contributed by atoms with Crippen LogP contribution >= 0.6 is 15.9 Å². The minimum absolute atomic E-state index is 0.416. The number of aliphatic hydroxyl groups is 1. The van der Waals surface area contributed by atoms with E-state index in [1.165, 1.54) is 5.69 Å². The Morgan fingerprint density at radius 1 is 1.29 bits per heavy atom. The summed E-state index contributed by atoms with van der Waals surface area (Å²) in [5, 5.41) is 9.55. The van der Waals surface area contributed by atoms with E-state index in [1.807, 2.05) is 12.1 Å². The van der Waals surface area contributed by atoms with E-state index in [2.05, 4.69) is 47.7 Å². The van der Waals surface area contributed by atoms with Crippen LogP contribution in [0.25, 0.3) is 0 Å². The van der Waals surface area contributed by atoms with Crippen molar-refractivity contribution in [2.75, 3.05) is 18.0 Å². The van der Waals surface area contributed by atoms with Crippen molar-refractivity contribution in [2.45, 2.75) is 33.8 Å². The molecule has 0 radical (unpaired) electrons. The van der Waals surface area contributed by atoms with E-state index in [9.17, 15) is 5.11 Å². The van der Waals surface area contributed by atoms with Gasteiger partial charge >= 0.3 is 0 Å². The average molecular weight is 300 g/mol. The molecule has 0 saturated heterocycles. The van der Waals surface area contributed by atoms with Crippen LogP contribution in [0.15, 0.2) is 22.7 Å². The SMILES string of the molecule is CCN(CC(C)C)c1ccc([C@@H](C)O)cc1Br. The molecule has 1 N–H and O–H groups in total. The molecule has 0 aromatic heterocycles. The standard InChI is InChI=1S/C14H22BrNO/c1-5-16(9-10(2)3)14-7-6-12(11(4)17)8-13(14)15/h6-8,10-11,17H,5,9H2,1-4H3/t11-/m1/s1. The van der Waals surface area contributed by atoms with Gasteiger partial charge in [0.15, 0.2) is 0 Å². The molecule has 2 nitrogen and oxygen atoms in total. The molecule has 17 heavy (non-hydrogen) atoms. The number of aliphatic hydroxyl groups excluding tert-OH is 1. The molecule has 3 heteroatoms. The van der Waals surface area contributed by atoms with Crippen molar-refractivity contribution < 1.29 is 5.11 Å². The summed E-state index contributed by atoms with van der Waals surface area (Å²) in [4.78, 5) is 2.35. The number of benzene rings is 1. The van der Waals surface area contributed by atoms with Gasteiger partial charge in [0.2, 0.25) is 0 Å². The highest BCUT2D eigenvalue weighted by Gasteiger charge is 2.11. The van der Waals surface area contributed by atoms with Gasteiger partial charge in [0.05, 0.1) is 11.8 Å². The second-order valence-corrected chi connectivity index (χ2v) is 5.67. The summed E-state index contributed by atoms with van der Waals surface area (Å²) in [6.07, 6.45) is -0.416. The van der Waals surface area contributed by atoms with Gasteiger partial charge in [0.1, 0.15) is 0 Å². The quantitative estimate of drug-likeness (QED) is 0.889. The van der Waals surface area contributed by atoms with Gasteiger partial charge in [-0.2, -0.15) is 0 Å². The predicted molar refractivity (Wildman–Crippen MR) is 77.5 cm³/mol. The van der Waals surface area contributed by atoms with Crippen LogP contribution in [0, 0.1) is 5.92 Å². The van der Waals surface area contributed by atoms with Crippen molar-refractivity contribution in [3.05, 3.63) is 28.2 Å². The molecule has 1 aromatic rings. The summed E-state index contributed by atoms with van der Waals surface area (Å²) in [5.74, 6) is 0.637. The zero-order chi connectivity index (χ0) is 13.0. The fraction of sp³-hybridized carbons (Fsp3) is 0.571. The lowest BCUT2D eigenvalue weighted by Crippen LogP contribution is -2.27. The predicted octanol–water partition coefficient (Wildman–Crippen LogP) is 3.98. The van der Waals surface area contributed by atoms with Crippen LogP contribution in [0.5, 0.6) is 0 Å². The van der Waals surface area contributed by atoms with Gasteiger partial charge < -0.3 is 10.0 Å². The number of anilines is 1. The van der Waals surface area contributed by atoms with Crippen LogP contribution in [-0.2, 0) is 0 Å². The number of rotatable bonds is 5. The van der Waals surface area contributed by atoms with Crippen molar-refractivity contribution in [1.82, 2.24) is 0 Å². The molecule has 0 unspecified atom stereocenters. The Bertz CT molecular complexity index is 363. The van der Waals surface area contributed by atoms with Crippen molar-refractivity contribution in [2.24, 2.45) is 5.92 Å². The van der Waals surface area contributed by atoms with Crippen LogP contribution in [0.1, 0.15) is 39.4 Å². The molecular weight excluding hydrogens is 278 g/mol. The monoisotopic (exact) mass is 299 g/mol. The Kier molecular flexibility index (Phi) is 5.47. The summed E-state index contributed by atoms with van der Waals surface area (Å²) >= 11 is 3.59. The van der Waals surface area contributed by atoms with Gasteiger partial charge in [-0.1, -0.05) is 19.9 Å². The molecule has 0 bridgehead atoms. The topological polar surface area (TPSA) is 23.5 Å². The molecule has 0 aliphatic rings. The van der Waals surface area contributed by atoms with E-state index >= 15 is 0 Å². The van der Waals surface area contributed by atoms with E-state index in [-0.39, 0.29) is 0 Å². The third-order valence-corrected chi connectivity index (χ3v) is 3.40. The van der Waals surface area contributed by atoms with Gasteiger partial charge in [-0.25, -0.2) is 0 Å². The second-order valence-electron chi connectivity index (χ2n) is 4.82. The summed E-state index contributed by atoms with van der Waals surface area (Å²) in [5.41, 5.74) is 2.15. The highest BCUT2D eigenvalue weighted by Crippen LogP contribution is 2.29. The van der Waals surface area contributed by atoms with Crippen molar-refractivity contribution in [1.29, 1.82) is 0 Å². The van der Waals surface area contributed by atoms with Crippen molar-refractivity contribution in [3.63, 3.8) is 0 Å². The Morgan fingerprint density at radius 2 is 1.94 bits per heavy atom. The summed E-state index contributed by atoms with van der Waals surface area (Å²) in [6, 6.07) is 6.08. The summed E-state index contributed by atoms with van der Waals surface area (Å²) in [7, 11) is 0. The number of nitrogens with zero attached hydrogens (tertiary/aromatic N) is 1. The minimum Gasteiger partial charge on any atom is -0.389 e. The van der Waals surface area contributed by atoms with E-state index in [0.717, 1.165) is 23.1 Å². The second kappa shape index (κ2) is 6.41. The molecule has 1 aromatic carbocycles. The molecular formula is C14H22BrNO. The molecule has 0 amide bonds. The van der Waals surface area contributed by atoms with E-state index < -0.39 is 6.10 Å². The number of hydrogen-bond donors (Lipinski definition) is 1. The first-order chi connectivity index (χ1) is 7.95. The number of halogens is 1. The van der Waals surface area contributed by atoms with E-state index in [1.54, 1.807) is 6.92 Å². The third-order valence-electron chi connectivity index (χ3n) is 2.76. The summed E-state index contributed by atoms with van der Waals surface area (Å²) < 4.78 is 1.05. The van der Waals surface area contributed by atoms with Crippen molar-refractivity contribution >= 4 is 21.6 Å². The molecule has 0 aliphatic heterocycles. The summed E-state index contributed by atoms with van der Waals surface area (Å²) in [6.45, 7) is 10.4. The average Bonchev–Trinajstić information content (AvgIpc) is 2.25. The van der Waals surface area contributed by atoms with Crippen LogP contribution < -0.4 is 4.90 Å². The molecule has 0 saturated carbocycles. The third kappa shape index (κ3) is 4.00. The molecule has 96 valence electrons. The number of hydrogen-bond acceptors (Lipinski definition) is 2. The lowest BCUT2D eigenvalue weighted by Gasteiger charge is -2.26.